The second kappa shape index (κ2) is 5.38. The molecule has 2 N–H and O–H groups in total. The second-order valence-corrected chi connectivity index (χ2v) is 6.19. The first kappa shape index (κ1) is 13.3. The highest BCUT2D eigenvalue weighted by molar-refractivity contribution is 5.81. The molecule has 3 aliphatic rings. The molecule has 2 unspecified atom stereocenters. The molecule has 0 aromatic heterocycles. The molecule has 0 saturated carbocycles. The Bertz CT molecular complexity index is 350. The lowest BCUT2D eigenvalue weighted by atomic mass is 10.1. The number of nitrogens with two attached hydrogens (primary N) is 1. The zero-order valence-corrected chi connectivity index (χ0v) is 11.8. The first-order valence-corrected chi connectivity index (χ1v) is 7.59. The third-order valence-corrected chi connectivity index (χ3v) is 4.87. The summed E-state index contributed by atoms with van der Waals surface area (Å²) in [5, 5.41) is 0. The number of nitrogens with zero attached hydrogens (tertiary/aromatic N) is 2. The van der Waals surface area contributed by atoms with Gasteiger partial charge in [-0.25, -0.2) is 0 Å². The summed E-state index contributed by atoms with van der Waals surface area (Å²) in [6.45, 7) is 5.78. The van der Waals surface area contributed by atoms with Crippen molar-refractivity contribution in [1.29, 1.82) is 0 Å². The number of piperazine rings is 1. The average molecular weight is 267 g/mol. The van der Waals surface area contributed by atoms with Gasteiger partial charge < -0.3 is 15.4 Å². The van der Waals surface area contributed by atoms with E-state index in [9.17, 15) is 4.79 Å². The Kier molecular flexibility index (Phi) is 3.78. The zero-order chi connectivity index (χ0) is 13.4. The Balaban J connectivity index is 1.63. The number of rotatable bonds is 2. The van der Waals surface area contributed by atoms with Crippen molar-refractivity contribution in [2.45, 2.75) is 56.9 Å². The van der Waals surface area contributed by atoms with E-state index in [2.05, 4.69) is 16.7 Å². The van der Waals surface area contributed by atoms with Gasteiger partial charge in [0.2, 0.25) is 0 Å². The number of ether oxygens (including phenoxy) is 1. The van der Waals surface area contributed by atoms with E-state index in [4.69, 9.17) is 10.5 Å². The van der Waals surface area contributed by atoms with Crippen molar-refractivity contribution < 1.29 is 9.53 Å². The molecule has 0 aromatic rings. The van der Waals surface area contributed by atoms with Gasteiger partial charge in [-0.05, 0) is 39.2 Å². The summed E-state index contributed by atoms with van der Waals surface area (Å²) < 4.78 is 5.76. The molecule has 3 rings (SSSR count). The molecule has 0 bridgehead atoms. The molecule has 3 fully saturated rings. The van der Waals surface area contributed by atoms with E-state index in [1.165, 1.54) is 19.4 Å². The van der Waals surface area contributed by atoms with Crippen LogP contribution in [0, 0.1) is 0 Å². The van der Waals surface area contributed by atoms with Gasteiger partial charge in [0.15, 0.2) is 0 Å². The summed E-state index contributed by atoms with van der Waals surface area (Å²) >= 11 is 0. The topological polar surface area (TPSA) is 58.8 Å². The van der Waals surface area contributed by atoms with E-state index in [1.807, 2.05) is 0 Å². The van der Waals surface area contributed by atoms with Crippen molar-refractivity contribution in [1.82, 2.24) is 9.80 Å². The summed E-state index contributed by atoms with van der Waals surface area (Å²) in [5.41, 5.74) is 5.62. The SMILES string of the molecule is CC1CN2CCCC2CN1C(=O)[C@@H]1CC[C@H](CN)O1. The lowest BCUT2D eigenvalue weighted by Gasteiger charge is -2.43. The van der Waals surface area contributed by atoms with Crippen LogP contribution in [0.15, 0.2) is 0 Å². The number of carbonyl (C=O) groups excluding carboxylic acids is 1. The number of hydrogen-bond acceptors (Lipinski definition) is 4. The molecule has 0 aliphatic carbocycles. The molecule has 5 nitrogen and oxygen atoms in total. The lowest BCUT2D eigenvalue weighted by Crippen LogP contribution is -2.58. The van der Waals surface area contributed by atoms with Crippen molar-refractivity contribution in [3.63, 3.8) is 0 Å². The third kappa shape index (κ3) is 2.51. The Labute approximate surface area is 115 Å². The molecule has 0 aromatic carbocycles. The largest absolute Gasteiger partial charge is 0.364 e. The van der Waals surface area contributed by atoms with Gasteiger partial charge in [-0.15, -0.1) is 0 Å². The van der Waals surface area contributed by atoms with E-state index >= 15 is 0 Å². The molecule has 0 radical (unpaired) electrons. The van der Waals surface area contributed by atoms with Crippen LogP contribution in [0.2, 0.25) is 0 Å². The van der Waals surface area contributed by atoms with Crippen molar-refractivity contribution in [3.8, 4) is 0 Å². The molecule has 19 heavy (non-hydrogen) atoms. The minimum atomic E-state index is -0.246. The van der Waals surface area contributed by atoms with E-state index in [-0.39, 0.29) is 18.1 Å². The van der Waals surface area contributed by atoms with Crippen LogP contribution in [0.4, 0.5) is 0 Å². The first-order chi connectivity index (χ1) is 9.19. The van der Waals surface area contributed by atoms with Gasteiger partial charge in [-0.2, -0.15) is 0 Å². The molecule has 108 valence electrons. The highest BCUT2D eigenvalue weighted by Gasteiger charge is 2.40. The minimum Gasteiger partial charge on any atom is -0.364 e. The number of fused-ring (bicyclic) bond motifs is 1. The maximum absolute atomic E-state index is 12.6. The predicted molar refractivity (Wildman–Crippen MR) is 72.7 cm³/mol. The van der Waals surface area contributed by atoms with Crippen LogP contribution in [-0.4, -0.2) is 66.2 Å². The highest BCUT2D eigenvalue weighted by atomic mass is 16.5. The molecule has 3 saturated heterocycles. The van der Waals surface area contributed by atoms with Crippen LogP contribution >= 0.6 is 0 Å². The Hall–Kier alpha value is -0.650. The second-order valence-electron chi connectivity index (χ2n) is 6.19. The van der Waals surface area contributed by atoms with Crippen molar-refractivity contribution in [3.05, 3.63) is 0 Å². The summed E-state index contributed by atoms with van der Waals surface area (Å²) in [6, 6.07) is 0.884. The van der Waals surface area contributed by atoms with Crippen LogP contribution < -0.4 is 5.73 Å². The van der Waals surface area contributed by atoms with Gasteiger partial charge in [0.25, 0.3) is 5.91 Å². The van der Waals surface area contributed by atoms with Crippen LogP contribution in [-0.2, 0) is 9.53 Å². The molecular formula is C14H25N3O2. The molecule has 1 amide bonds. The van der Waals surface area contributed by atoms with Crippen LogP contribution in [0.3, 0.4) is 0 Å². The monoisotopic (exact) mass is 267 g/mol. The number of amides is 1. The summed E-state index contributed by atoms with van der Waals surface area (Å²) in [6.07, 6.45) is 4.09. The van der Waals surface area contributed by atoms with E-state index in [0.717, 1.165) is 25.9 Å². The van der Waals surface area contributed by atoms with E-state index in [1.54, 1.807) is 0 Å². The quantitative estimate of drug-likeness (QED) is 0.776. The minimum absolute atomic E-state index is 0.0806. The first-order valence-electron chi connectivity index (χ1n) is 7.59. The highest BCUT2D eigenvalue weighted by Crippen LogP contribution is 2.27. The van der Waals surface area contributed by atoms with Gasteiger partial charge in [0.1, 0.15) is 6.10 Å². The third-order valence-electron chi connectivity index (χ3n) is 4.87. The summed E-state index contributed by atoms with van der Waals surface area (Å²) in [5.74, 6) is 0.190. The molecule has 5 heteroatoms. The molecule has 0 spiro atoms. The fourth-order valence-corrected chi connectivity index (χ4v) is 3.74. The maximum Gasteiger partial charge on any atom is 0.252 e. The smallest absolute Gasteiger partial charge is 0.252 e. The van der Waals surface area contributed by atoms with Gasteiger partial charge in [0.05, 0.1) is 6.10 Å². The Morgan fingerprint density at radius 2 is 2.16 bits per heavy atom. The maximum atomic E-state index is 12.6. The average Bonchev–Trinajstić information content (AvgIpc) is 3.05. The van der Waals surface area contributed by atoms with Gasteiger partial charge in [-0.3, -0.25) is 9.69 Å². The number of carbonyl (C=O) groups is 1. The van der Waals surface area contributed by atoms with Crippen molar-refractivity contribution >= 4 is 5.91 Å². The molecule has 3 heterocycles. The Morgan fingerprint density at radius 1 is 1.32 bits per heavy atom. The van der Waals surface area contributed by atoms with E-state index < -0.39 is 0 Å². The standard InChI is InChI=1S/C14H25N3O2/c1-10-8-16-6-2-3-11(16)9-17(10)14(18)13-5-4-12(7-15)19-13/h10-13H,2-9,15H2,1H3/t10?,11?,12-,13+/m1/s1. The zero-order valence-electron chi connectivity index (χ0n) is 11.8. The normalized spacial score (nSPS) is 39.6. The lowest BCUT2D eigenvalue weighted by molar-refractivity contribution is -0.148. The fourth-order valence-electron chi connectivity index (χ4n) is 3.74. The number of hydrogen-bond donors (Lipinski definition) is 1. The summed E-state index contributed by atoms with van der Waals surface area (Å²) in [4.78, 5) is 17.2. The van der Waals surface area contributed by atoms with Crippen LogP contribution in [0.1, 0.15) is 32.6 Å². The Morgan fingerprint density at radius 3 is 2.89 bits per heavy atom. The molecular weight excluding hydrogens is 242 g/mol. The molecule has 3 aliphatic heterocycles. The van der Waals surface area contributed by atoms with Crippen molar-refractivity contribution in [2.75, 3.05) is 26.2 Å². The predicted octanol–water partition coefficient (Wildman–Crippen LogP) is 0.188. The van der Waals surface area contributed by atoms with Gasteiger partial charge in [-0.1, -0.05) is 0 Å². The van der Waals surface area contributed by atoms with E-state index in [0.29, 0.717) is 18.6 Å². The van der Waals surface area contributed by atoms with Crippen LogP contribution in [0.5, 0.6) is 0 Å². The summed E-state index contributed by atoms with van der Waals surface area (Å²) in [7, 11) is 0. The molecule has 4 atom stereocenters. The van der Waals surface area contributed by atoms with Gasteiger partial charge >= 0.3 is 0 Å². The fraction of sp³-hybridized carbons (Fsp3) is 0.929. The van der Waals surface area contributed by atoms with Crippen molar-refractivity contribution in [2.24, 2.45) is 5.73 Å². The van der Waals surface area contributed by atoms with Gasteiger partial charge in [0, 0.05) is 31.7 Å². The van der Waals surface area contributed by atoms with Crippen LogP contribution in [0.25, 0.3) is 0 Å².